The van der Waals surface area contributed by atoms with Crippen LogP contribution in [-0.2, 0) is 26.2 Å². The minimum Gasteiger partial charge on any atom is -0.481 e. The summed E-state index contributed by atoms with van der Waals surface area (Å²) in [7, 11) is -3.56. The van der Waals surface area contributed by atoms with Crippen molar-refractivity contribution in [3.63, 3.8) is 0 Å². The topological polar surface area (TPSA) is 399 Å². The molecule has 6 rings (SSSR count). The number of carbonyl (C=O) groups excluding carboxylic acids is 3. The van der Waals surface area contributed by atoms with Crippen LogP contribution < -0.4 is 43.8 Å². The summed E-state index contributed by atoms with van der Waals surface area (Å²) in [5.74, 6) is -6.95. The number of amides is 5. The first-order chi connectivity index (χ1) is 38.2. The molecule has 39 heteroatoms. The van der Waals surface area contributed by atoms with Crippen LogP contribution in [0.5, 0.6) is 35.0 Å². The third kappa shape index (κ3) is 18.6. The van der Waals surface area contributed by atoms with E-state index in [4.69, 9.17) is 36.0 Å². The Kier molecular flexibility index (Phi) is 21.8. The number of anilines is 2. The summed E-state index contributed by atoms with van der Waals surface area (Å²) in [5.41, 5.74) is -3.08. The van der Waals surface area contributed by atoms with Crippen molar-refractivity contribution in [3.8, 4) is 35.0 Å². The number of hydrogen-bond donors (Lipinski definition) is 6. The van der Waals surface area contributed by atoms with E-state index in [2.05, 4.69) is 39.7 Å². The molecule has 3 aromatic carbocycles. The summed E-state index contributed by atoms with van der Waals surface area (Å²) in [4.78, 5) is 86.7. The second-order valence-corrected chi connectivity index (χ2v) is 18.5. The number of nitrogens with zero attached hydrogens (tertiary/aromatic N) is 7. The van der Waals surface area contributed by atoms with Crippen LogP contribution in [0.25, 0.3) is 0 Å². The molecular formula is C43H35ClF7N11O18S2. The first-order valence-corrected chi connectivity index (χ1v) is 24.6. The number of nitro benzene ring substituents is 1. The van der Waals surface area contributed by atoms with Gasteiger partial charge in [0.15, 0.2) is 5.03 Å². The molecule has 0 saturated carbocycles. The van der Waals surface area contributed by atoms with Crippen LogP contribution in [0.1, 0.15) is 36.6 Å². The molecule has 3 aromatic heterocycles. The van der Waals surface area contributed by atoms with Gasteiger partial charge in [-0.15, -0.1) is 0 Å². The number of nitro groups is 1. The van der Waals surface area contributed by atoms with Crippen LogP contribution in [0.3, 0.4) is 0 Å². The molecule has 29 nitrogen and oxygen atoms in total. The zero-order valence-corrected chi connectivity index (χ0v) is 43.6. The number of sulfonamides is 2. The molecule has 0 spiro atoms. The maximum Gasteiger partial charge on any atom is 0.416 e. The quantitative estimate of drug-likeness (QED) is 0.0294. The molecule has 3 heterocycles. The van der Waals surface area contributed by atoms with E-state index in [9.17, 15) is 81.7 Å². The van der Waals surface area contributed by atoms with Gasteiger partial charge in [0.1, 0.15) is 22.0 Å². The van der Waals surface area contributed by atoms with Gasteiger partial charge in [-0.05, 0) is 48.5 Å². The Balaban J connectivity index is 0.000000266. The molecule has 0 atom stereocenters. The smallest absolute Gasteiger partial charge is 0.416 e. The van der Waals surface area contributed by atoms with E-state index in [1.807, 2.05) is 0 Å². The number of hydrogen-bond acceptors (Lipinski definition) is 21. The monoisotopic (exact) mass is 1230 g/mol. The van der Waals surface area contributed by atoms with E-state index in [0.29, 0.717) is 12.1 Å². The molecule has 0 unspecified atom stereocenters. The highest BCUT2D eigenvalue weighted by Crippen LogP contribution is 2.37. The SMILES string of the molecule is COc1cc(OC)nc(NC(=O)NS(=O)(=O)c2ncccc2C(=O)N(C)C)n1.O=C(Nc1nc(OC(F)F)cc(OC(F)F)n1)NS(=O)(=O)c1ccccc1C(=O)O.O=C(O)c1cc(Oc2ccc(C(F)(F)F)cc2Cl)ccc1[N+](=O)[O-]. The molecule has 0 fully saturated rings. The van der Waals surface area contributed by atoms with E-state index in [1.165, 1.54) is 74.5 Å². The number of alkyl halides is 7. The predicted octanol–water partition coefficient (Wildman–Crippen LogP) is 6.75. The van der Waals surface area contributed by atoms with Crippen molar-refractivity contribution >= 4 is 79.1 Å². The normalized spacial score (nSPS) is 11.0. The number of ether oxygens (including phenoxy) is 5. The first-order valence-electron chi connectivity index (χ1n) is 21.2. The zero-order chi connectivity index (χ0) is 61.4. The van der Waals surface area contributed by atoms with Crippen LogP contribution in [0.2, 0.25) is 5.02 Å². The number of nitrogens with one attached hydrogen (secondary N) is 4. The molecule has 6 aromatic rings. The van der Waals surface area contributed by atoms with Gasteiger partial charge >= 0.3 is 43.4 Å². The number of carboxylic acids is 2. The van der Waals surface area contributed by atoms with Gasteiger partial charge < -0.3 is 38.8 Å². The molecule has 0 aliphatic rings. The highest BCUT2D eigenvalue weighted by molar-refractivity contribution is 7.90. The highest BCUT2D eigenvalue weighted by atomic mass is 35.5. The van der Waals surface area contributed by atoms with Gasteiger partial charge in [0.25, 0.3) is 31.6 Å². The summed E-state index contributed by atoms with van der Waals surface area (Å²) < 4.78 is 163. The third-order valence-electron chi connectivity index (χ3n) is 9.05. The van der Waals surface area contributed by atoms with Crippen molar-refractivity contribution in [2.45, 2.75) is 29.3 Å². The van der Waals surface area contributed by atoms with E-state index >= 15 is 0 Å². The second-order valence-electron chi connectivity index (χ2n) is 14.9. The van der Waals surface area contributed by atoms with Crippen LogP contribution >= 0.6 is 11.6 Å². The average molecular weight is 1230 g/mol. The standard InChI is InChI=1S/C15H18N6O6S.C14H7ClF3NO5.C14H10F4N4O7S/c1-21(2)13(22)9-6-5-7-16-12(9)28(24,25)20-15(23)19-14-17-10(26-3)8-11(18-14)27-4;15-10-5-7(14(16,17)18)1-4-12(10)24-8-2-3-11(19(22)23)9(6-8)13(20)21;15-11(16)28-8-5-9(29-12(17)18)20-13(19-8)21-14(25)22-30(26,27)7-4-2-1-3-6(7)10(23)24/h5-8H,1-4H3,(H2,17,18,19,20,23);1-6H,(H,20,21);1-5,11-12H,(H,23,24)(H2,19,20,21,22,25). The Morgan fingerprint density at radius 1 is 0.683 bits per heavy atom. The molecule has 6 N–H and O–H groups in total. The van der Waals surface area contributed by atoms with E-state index in [-0.39, 0.29) is 39.8 Å². The molecule has 438 valence electrons. The minimum absolute atomic E-state index is 0.0913. The van der Waals surface area contributed by atoms with Crippen LogP contribution in [-0.4, -0.2) is 133 Å². The molecule has 82 heavy (non-hydrogen) atoms. The largest absolute Gasteiger partial charge is 0.481 e. The minimum atomic E-state index is -4.71. The van der Waals surface area contributed by atoms with Crippen LogP contribution in [0, 0.1) is 10.1 Å². The predicted molar refractivity (Wildman–Crippen MR) is 261 cm³/mol. The summed E-state index contributed by atoms with van der Waals surface area (Å²) in [5, 5.41) is 31.7. The van der Waals surface area contributed by atoms with Gasteiger partial charge in [-0.3, -0.25) is 25.5 Å². The van der Waals surface area contributed by atoms with E-state index in [0.717, 1.165) is 42.5 Å². The Morgan fingerprint density at radius 2 is 1.18 bits per heavy atom. The number of rotatable bonds is 18. The molecule has 0 aliphatic heterocycles. The molecule has 0 radical (unpaired) electrons. The summed E-state index contributed by atoms with van der Waals surface area (Å²) >= 11 is 5.72. The number of methoxy groups -OCH3 is 2. The Hall–Kier alpha value is -9.98. The number of aromatic carboxylic acids is 2. The van der Waals surface area contributed by atoms with Gasteiger partial charge in [0, 0.05) is 32.4 Å². The fraction of sp³-hybridized carbons (Fsp3) is 0.163. The van der Waals surface area contributed by atoms with Crippen molar-refractivity contribution in [1.29, 1.82) is 0 Å². The molecule has 0 saturated heterocycles. The summed E-state index contributed by atoms with van der Waals surface area (Å²) in [6.45, 7) is -6.82. The maximum atomic E-state index is 12.6. The van der Waals surface area contributed by atoms with E-state index in [1.54, 1.807) is 10.0 Å². The van der Waals surface area contributed by atoms with Crippen molar-refractivity contribution in [1.82, 2.24) is 39.3 Å². The number of aromatic nitrogens is 5. The van der Waals surface area contributed by atoms with Crippen molar-refractivity contribution < 1.29 is 110 Å². The fourth-order valence-corrected chi connectivity index (χ4v) is 8.08. The van der Waals surface area contributed by atoms with Crippen molar-refractivity contribution in [2.24, 2.45) is 0 Å². The van der Waals surface area contributed by atoms with Gasteiger partial charge in [0.2, 0.25) is 35.4 Å². The van der Waals surface area contributed by atoms with Gasteiger partial charge in [-0.25, -0.2) is 42.0 Å². The Labute approximate surface area is 459 Å². The number of urea groups is 2. The lowest BCUT2D eigenvalue weighted by Crippen LogP contribution is -2.36. The molecule has 0 aliphatic carbocycles. The number of carboxylic acid groups (broad SMARTS) is 2. The van der Waals surface area contributed by atoms with Crippen LogP contribution in [0.15, 0.2) is 101 Å². The van der Waals surface area contributed by atoms with Crippen molar-refractivity contribution in [3.05, 3.63) is 129 Å². The number of halogens is 8. The Bertz CT molecular complexity index is 3560. The first kappa shape index (κ1) is 64.5. The third-order valence-corrected chi connectivity index (χ3v) is 12.0. The summed E-state index contributed by atoms with van der Waals surface area (Å²) in [6.07, 6.45) is -3.39. The molecular weight excluding hydrogens is 1190 g/mol. The number of benzene rings is 3. The zero-order valence-electron chi connectivity index (χ0n) is 41.2. The highest BCUT2D eigenvalue weighted by Gasteiger charge is 2.32. The fourth-order valence-electron chi connectivity index (χ4n) is 5.72. The van der Waals surface area contributed by atoms with Gasteiger partial charge in [-0.1, -0.05) is 23.7 Å². The van der Waals surface area contributed by atoms with Gasteiger partial charge in [-0.2, -0.15) is 59.1 Å². The average Bonchev–Trinajstić information content (AvgIpc) is 3.55. The lowest BCUT2D eigenvalue weighted by molar-refractivity contribution is -0.385. The van der Waals surface area contributed by atoms with E-state index < -0.39 is 124 Å². The second kappa shape index (κ2) is 27.7. The lowest BCUT2D eigenvalue weighted by atomic mass is 10.1. The molecule has 0 bridgehead atoms. The lowest BCUT2D eigenvalue weighted by Gasteiger charge is -2.14. The maximum absolute atomic E-state index is 12.6. The number of carbonyl (C=O) groups is 5. The Morgan fingerprint density at radius 3 is 1.66 bits per heavy atom. The van der Waals surface area contributed by atoms with Crippen molar-refractivity contribution in [2.75, 3.05) is 38.9 Å². The molecule has 5 amide bonds. The number of pyridine rings is 1. The van der Waals surface area contributed by atoms with Gasteiger partial charge in [0.05, 0.1) is 53.0 Å². The van der Waals surface area contributed by atoms with Crippen LogP contribution in [0.4, 0.5) is 57.9 Å². The summed E-state index contributed by atoms with van der Waals surface area (Å²) in [6, 6.07) is 11.4.